The molecule has 2 saturated heterocycles. The minimum absolute atomic E-state index is 0.130. The minimum Gasteiger partial charge on any atom is -0.477 e. The van der Waals surface area contributed by atoms with E-state index in [1.807, 2.05) is 29.2 Å². The van der Waals surface area contributed by atoms with Crippen LogP contribution in [0.4, 0.5) is 10.3 Å². The number of nitrogens with zero attached hydrogens (tertiary/aromatic N) is 6. The number of carbonyl (C=O) groups is 4. The Kier molecular flexibility index (Phi) is 15.9. The van der Waals surface area contributed by atoms with Gasteiger partial charge < -0.3 is 40.1 Å². The van der Waals surface area contributed by atoms with E-state index in [0.717, 1.165) is 28.5 Å². The van der Waals surface area contributed by atoms with Crippen LogP contribution in [0.25, 0.3) is 0 Å². The Morgan fingerprint density at radius 2 is 1.24 bits per heavy atom. The number of hydrogen-bond acceptors (Lipinski definition) is 16. The molecule has 0 unspecified atom stereocenters. The van der Waals surface area contributed by atoms with Gasteiger partial charge in [-0.3, -0.25) is 14.6 Å². The summed E-state index contributed by atoms with van der Waals surface area (Å²) in [6.45, 7) is 9.93. The van der Waals surface area contributed by atoms with Crippen LogP contribution >= 0.6 is 46.2 Å². The zero-order valence-electron chi connectivity index (χ0n) is 34.0. The summed E-state index contributed by atoms with van der Waals surface area (Å²) >= 11 is 5.57. The number of ether oxygens (including phenoxy) is 2. The van der Waals surface area contributed by atoms with Crippen molar-refractivity contribution in [1.82, 2.24) is 20.6 Å². The highest BCUT2D eigenvalue weighted by Crippen LogP contribution is 2.33. The largest absolute Gasteiger partial charge is 0.477 e. The third-order valence-corrected chi connectivity index (χ3v) is 14.5. The van der Waals surface area contributed by atoms with Gasteiger partial charge in [-0.25, -0.2) is 24.5 Å². The molecule has 0 aliphatic carbocycles. The van der Waals surface area contributed by atoms with E-state index >= 15 is 0 Å². The van der Waals surface area contributed by atoms with Crippen molar-refractivity contribution in [2.75, 3.05) is 62.7 Å². The maximum Gasteiger partial charge on any atom is 0.347 e. The van der Waals surface area contributed by atoms with Crippen molar-refractivity contribution in [2.24, 2.45) is 9.98 Å². The van der Waals surface area contributed by atoms with Crippen molar-refractivity contribution in [3.05, 3.63) is 42.3 Å². The van der Waals surface area contributed by atoms with Crippen molar-refractivity contribution < 1.29 is 38.9 Å². The molecule has 16 nitrogen and oxygen atoms in total. The molecule has 6 rings (SSSR count). The van der Waals surface area contributed by atoms with Crippen LogP contribution in [0.15, 0.2) is 31.2 Å². The first kappa shape index (κ1) is 45.3. The molecule has 4 aliphatic heterocycles. The number of amides is 2. The van der Waals surface area contributed by atoms with Gasteiger partial charge in [-0.2, -0.15) is 0 Å². The fourth-order valence-electron chi connectivity index (χ4n) is 7.16. The number of hydrogen-bond donors (Lipinski definition) is 4. The Hall–Kier alpha value is -3.82. The molecular weight excluding hydrogens is 825 g/mol. The molecule has 0 bridgehead atoms. The number of carboxylic acid groups (broad SMARTS) is 2. The average Bonchev–Trinajstić information content (AvgIpc) is 4.02. The zero-order valence-corrected chi connectivity index (χ0v) is 37.3. The molecule has 0 saturated carbocycles. The first-order chi connectivity index (χ1) is 27.7. The number of nitrogens with one attached hydrogen (secondary N) is 2. The fraction of sp³-hybridized carbons (Fsp3) is 0.579. The number of thiazole rings is 2. The van der Waals surface area contributed by atoms with Gasteiger partial charge in [0.15, 0.2) is 10.3 Å². The number of aromatic carboxylic acids is 2. The number of piperidine rings is 2. The van der Waals surface area contributed by atoms with E-state index in [9.17, 15) is 29.4 Å². The Bertz CT molecular complexity index is 1870. The van der Waals surface area contributed by atoms with Gasteiger partial charge in [0.1, 0.15) is 21.2 Å². The topological polar surface area (TPSA) is 208 Å². The van der Waals surface area contributed by atoms with Gasteiger partial charge in [0, 0.05) is 58.1 Å². The van der Waals surface area contributed by atoms with Gasteiger partial charge in [-0.05, 0) is 57.6 Å². The lowest BCUT2D eigenvalue weighted by Crippen LogP contribution is -2.55. The van der Waals surface area contributed by atoms with Crippen LogP contribution in [-0.2, 0) is 19.1 Å². The molecule has 316 valence electrons. The summed E-state index contributed by atoms with van der Waals surface area (Å²) < 4.78 is 11.3. The minimum atomic E-state index is -0.960. The standard InChI is InChI=1S/2C19H26N4O4S2/c1-5-11-15(28-4)8-13(21-11)17(24)22-12-6-7-23(9-14(12)27-3)19-20-10(2)16(29-19)18(25)26;1-5-11-8-13(22-17(11)28-4)16(24)21-12-6-7-23(9-14(12)27-3)19-20-10(2)15(29-19)18(25)26/h12,14H,5-9H2,1-4H3,(H,22,24)(H,25,26);12,14H,5-9H2,1-4H3,(H,21,24)(H,25,26)/t2*12-,14+/m11/s1. The van der Waals surface area contributed by atoms with Crippen molar-refractivity contribution in [1.29, 1.82) is 0 Å². The predicted molar refractivity (Wildman–Crippen MR) is 233 cm³/mol. The van der Waals surface area contributed by atoms with Crippen LogP contribution in [-0.4, -0.2) is 133 Å². The van der Waals surface area contributed by atoms with Crippen LogP contribution in [0, 0.1) is 13.8 Å². The highest BCUT2D eigenvalue weighted by molar-refractivity contribution is 8.02. The van der Waals surface area contributed by atoms with Gasteiger partial charge in [0.2, 0.25) is 0 Å². The summed E-state index contributed by atoms with van der Waals surface area (Å²) in [6.07, 6.45) is 7.81. The van der Waals surface area contributed by atoms with Gasteiger partial charge in [0.25, 0.3) is 11.8 Å². The van der Waals surface area contributed by atoms with E-state index < -0.39 is 11.9 Å². The number of thioether (sulfide) groups is 2. The Labute approximate surface area is 355 Å². The average molecular weight is 877 g/mol. The number of aromatic nitrogens is 2. The number of aliphatic imine (C=N–C) groups is 2. The fourth-order valence-corrected chi connectivity index (χ4v) is 10.5. The predicted octanol–water partition coefficient (Wildman–Crippen LogP) is 5.38. The number of carbonyl (C=O) groups excluding carboxylic acids is 2. The summed E-state index contributed by atoms with van der Waals surface area (Å²) in [5.74, 6) is -2.20. The van der Waals surface area contributed by atoms with Gasteiger partial charge in [-0.15, -0.1) is 23.5 Å². The van der Waals surface area contributed by atoms with Crippen LogP contribution in [0.2, 0.25) is 0 Å². The second kappa shape index (κ2) is 20.4. The Balaban J connectivity index is 0.000000221. The lowest BCUT2D eigenvalue weighted by atomic mass is 10.0. The van der Waals surface area contributed by atoms with Gasteiger partial charge in [-0.1, -0.05) is 36.5 Å². The second-order valence-electron chi connectivity index (χ2n) is 14.0. The Morgan fingerprint density at radius 3 is 1.59 bits per heavy atom. The molecule has 58 heavy (non-hydrogen) atoms. The van der Waals surface area contributed by atoms with Crippen LogP contribution in [0.3, 0.4) is 0 Å². The quantitative estimate of drug-likeness (QED) is 0.188. The number of carboxylic acids is 2. The number of allylic oxidation sites excluding steroid dienone is 3. The summed E-state index contributed by atoms with van der Waals surface area (Å²) in [7, 11) is 3.25. The van der Waals surface area contributed by atoms with Gasteiger partial charge >= 0.3 is 11.9 Å². The van der Waals surface area contributed by atoms with E-state index in [-0.39, 0.29) is 45.9 Å². The Morgan fingerprint density at radius 1 is 0.759 bits per heavy atom. The normalized spacial score (nSPS) is 22.1. The monoisotopic (exact) mass is 876 g/mol. The van der Waals surface area contributed by atoms with Gasteiger partial charge in [0.05, 0.1) is 46.4 Å². The summed E-state index contributed by atoms with van der Waals surface area (Å²) in [5.41, 5.74) is 4.36. The van der Waals surface area contributed by atoms with Crippen molar-refractivity contribution in [2.45, 2.75) is 90.5 Å². The molecule has 2 aromatic rings. The first-order valence-corrected chi connectivity index (χ1v) is 23.1. The van der Waals surface area contributed by atoms with Crippen LogP contribution in [0.5, 0.6) is 0 Å². The van der Waals surface area contributed by atoms with Crippen molar-refractivity contribution in [3.63, 3.8) is 0 Å². The van der Waals surface area contributed by atoms with Crippen molar-refractivity contribution in [3.8, 4) is 0 Å². The SMILES string of the molecule is CCC1=C(SC)CC(C(=O)N[C@@H]2CCN(c3nc(C)c(C(=O)O)s3)C[C@@H]2OC)=N1.CCC1=C(SC)N=C(C(=O)N[C@@H]2CCN(c3nc(C)c(C(=O)O)s3)C[C@@H]2OC)C1. The molecule has 2 aromatic heterocycles. The van der Waals surface area contributed by atoms with Crippen molar-refractivity contribution >= 4 is 91.6 Å². The molecule has 4 aliphatic rings. The molecular formula is C38H52N8O8S4. The van der Waals surface area contributed by atoms with E-state index in [1.165, 1.54) is 28.2 Å². The zero-order chi connectivity index (χ0) is 42.3. The van der Waals surface area contributed by atoms with Crippen LogP contribution < -0.4 is 20.4 Å². The molecule has 4 N–H and O–H groups in total. The third kappa shape index (κ3) is 10.5. The van der Waals surface area contributed by atoms with E-state index in [2.05, 4.69) is 37.5 Å². The summed E-state index contributed by atoms with van der Waals surface area (Å²) in [4.78, 5) is 71.6. The molecule has 2 amide bonds. The van der Waals surface area contributed by atoms with E-state index in [0.29, 0.717) is 84.9 Å². The second-order valence-corrected chi connectivity index (χ2v) is 17.6. The number of aryl methyl sites for hydroxylation is 2. The third-order valence-electron chi connectivity index (χ3n) is 10.4. The highest BCUT2D eigenvalue weighted by Gasteiger charge is 2.36. The molecule has 0 aromatic carbocycles. The van der Waals surface area contributed by atoms with E-state index in [1.54, 1.807) is 51.6 Å². The van der Waals surface area contributed by atoms with E-state index in [4.69, 9.17) is 9.47 Å². The lowest BCUT2D eigenvalue weighted by Gasteiger charge is -2.37. The molecule has 6 heterocycles. The molecule has 2 fully saturated rings. The molecule has 0 radical (unpaired) electrons. The maximum atomic E-state index is 12.7. The smallest absolute Gasteiger partial charge is 0.347 e. The number of methoxy groups -OCH3 is 2. The highest BCUT2D eigenvalue weighted by atomic mass is 32.2. The molecule has 4 atom stereocenters. The van der Waals surface area contributed by atoms with Crippen LogP contribution in [0.1, 0.15) is 83.1 Å². The number of anilines is 2. The summed E-state index contributed by atoms with van der Waals surface area (Å²) in [5, 5.41) is 27.0. The summed E-state index contributed by atoms with van der Waals surface area (Å²) in [6, 6.07) is -0.260. The number of rotatable bonds is 14. The lowest BCUT2D eigenvalue weighted by molar-refractivity contribution is -0.117. The maximum absolute atomic E-state index is 12.7. The molecule has 0 spiro atoms. The molecule has 20 heteroatoms. The first-order valence-electron chi connectivity index (χ1n) is 19.0.